The van der Waals surface area contributed by atoms with Gasteiger partial charge in [0.15, 0.2) is 0 Å². The second-order valence-corrected chi connectivity index (χ2v) is 8.00. The number of benzene rings is 1. The number of halogens is 3. The van der Waals surface area contributed by atoms with Crippen LogP contribution in [0.4, 0.5) is 13.2 Å². The number of nitrogens with zero attached hydrogens (tertiary/aromatic N) is 2. The van der Waals surface area contributed by atoms with E-state index in [1.54, 1.807) is 17.7 Å². The number of rotatable bonds is 5. The number of pyridine rings is 1. The van der Waals surface area contributed by atoms with Gasteiger partial charge in [0.1, 0.15) is 5.75 Å². The number of fused-ring (bicyclic) bond motifs is 4. The highest BCUT2D eigenvalue weighted by molar-refractivity contribution is 5.76. The molecule has 0 saturated carbocycles. The molecule has 1 aromatic carbocycles. The molecule has 0 spiro atoms. The van der Waals surface area contributed by atoms with Gasteiger partial charge in [0.2, 0.25) is 5.91 Å². The minimum absolute atomic E-state index is 0.0603. The van der Waals surface area contributed by atoms with Gasteiger partial charge in [0.25, 0.3) is 5.56 Å². The van der Waals surface area contributed by atoms with Crippen molar-refractivity contribution in [3.63, 3.8) is 0 Å². The quantitative estimate of drug-likeness (QED) is 0.721. The van der Waals surface area contributed by atoms with E-state index >= 15 is 0 Å². The molecule has 2 unspecified atom stereocenters. The lowest BCUT2D eigenvalue weighted by Crippen LogP contribution is -2.49. The van der Waals surface area contributed by atoms with Crippen molar-refractivity contribution in [2.75, 3.05) is 26.8 Å². The Morgan fingerprint density at radius 3 is 2.52 bits per heavy atom. The summed E-state index contributed by atoms with van der Waals surface area (Å²) in [6.07, 6.45) is -3.49. The summed E-state index contributed by atoms with van der Waals surface area (Å²) in [7, 11) is 1.56. The van der Waals surface area contributed by atoms with Crippen molar-refractivity contribution in [3.8, 4) is 16.9 Å². The van der Waals surface area contributed by atoms with E-state index in [-0.39, 0.29) is 29.1 Å². The second-order valence-electron chi connectivity index (χ2n) is 8.00. The standard InChI is InChI=1S/C22H23F3N2O4/c1-30-9-8-20(28)26-11-14-10-16(13-26)19-7-6-18(21(29)27(19)12-14)15-2-4-17(5-3-15)31-22(23,24)25/h2-7,14,16H,8-13H2,1H3. The van der Waals surface area contributed by atoms with E-state index < -0.39 is 6.36 Å². The zero-order valence-electron chi connectivity index (χ0n) is 17.0. The first kappa shape index (κ1) is 21.4. The van der Waals surface area contributed by atoms with E-state index in [9.17, 15) is 22.8 Å². The van der Waals surface area contributed by atoms with Crippen LogP contribution in [-0.2, 0) is 16.1 Å². The average Bonchev–Trinajstić information content (AvgIpc) is 2.72. The van der Waals surface area contributed by atoms with Crippen molar-refractivity contribution in [1.29, 1.82) is 0 Å². The fourth-order valence-electron chi connectivity index (χ4n) is 4.55. The van der Waals surface area contributed by atoms with Crippen molar-refractivity contribution < 1.29 is 27.4 Å². The molecule has 1 saturated heterocycles. The molecule has 0 aliphatic carbocycles. The number of aromatic nitrogens is 1. The Morgan fingerprint density at radius 2 is 1.84 bits per heavy atom. The number of carbonyl (C=O) groups excluding carboxylic acids is 1. The smallest absolute Gasteiger partial charge is 0.406 e. The number of methoxy groups -OCH3 is 1. The Kier molecular flexibility index (Phi) is 5.79. The highest BCUT2D eigenvalue weighted by atomic mass is 19.4. The normalized spacial score (nSPS) is 20.3. The largest absolute Gasteiger partial charge is 0.573 e. The lowest BCUT2D eigenvalue weighted by molar-refractivity contribution is -0.274. The highest BCUT2D eigenvalue weighted by Gasteiger charge is 2.36. The number of alkyl halides is 3. The SMILES string of the molecule is COCCC(=O)N1CC2CC(C1)c1ccc(-c3ccc(OC(F)(F)F)cc3)c(=O)n1C2. The third-order valence-corrected chi connectivity index (χ3v) is 5.88. The van der Waals surface area contributed by atoms with Crippen molar-refractivity contribution in [2.45, 2.75) is 31.7 Å². The molecular weight excluding hydrogens is 413 g/mol. The Hall–Kier alpha value is -2.81. The number of piperidine rings is 1. The molecule has 166 valence electrons. The van der Waals surface area contributed by atoms with Gasteiger partial charge in [0.05, 0.1) is 13.0 Å². The molecule has 2 atom stereocenters. The summed E-state index contributed by atoms with van der Waals surface area (Å²) in [5, 5.41) is 0. The van der Waals surface area contributed by atoms with E-state index in [0.717, 1.165) is 12.1 Å². The van der Waals surface area contributed by atoms with Crippen LogP contribution in [0.5, 0.6) is 5.75 Å². The van der Waals surface area contributed by atoms with Crippen LogP contribution in [0.1, 0.15) is 24.5 Å². The Morgan fingerprint density at radius 1 is 1.10 bits per heavy atom. The molecule has 3 heterocycles. The number of hydrogen-bond donors (Lipinski definition) is 0. The molecule has 2 bridgehead atoms. The molecule has 2 aliphatic heterocycles. The third-order valence-electron chi connectivity index (χ3n) is 5.88. The molecule has 1 fully saturated rings. The summed E-state index contributed by atoms with van der Waals surface area (Å²) in [5.74, 6) is 0.00349. The molecule has 0 N–H and O–H groups in total. The first-order chi connectivity index (χ1) is 14.7. The lowest BCUT2D eigenvalue weighted by Gasteiger charge is -2.43. The van der Waals surface area contributed by atoms with Gasteiger partial charge in [-0.25, -0.2) is 0 Å². The van der Waals surface area contributed by atoms with E-state index in [4.69, 9.17) is 4.74 Å². The van der Waals surface area contributed by atoms with Crippen molar-refractivity contribution >= 4 is 5.91 Å². The molecule has 0 radical (unpaired) electrons. The predicted molar refractivity (Wildman–Crippen MR) is 107 cm³/mol. The van der Waals surface area contributed by atoms with Crippen LogP contribution >= 0.6 is 0 Å². The van der Waals surface area contributed by atoms with Gasteiger partial charge < -0.3 is 18.9 Å². The van der Waals surface area contributed by atoms with Gasteiger partial charge in [-0.1, -0.05) is 12.1 Å². The van der Waals surface area contributed by atoms with E-state index in [0.29, 0.717) is 43.8 Å². The van der Waals surface area contributed by atoms with E-state index in [2.05, 4.69) is 4.74 Å². The maximum Gasteiger partial charge on any atom is 0.573 e. The van der Waals surface area contributed by atoms with Crippen LogP contribution in [-0.4, -0.2) is 48.5 Å². The van der Waals surface area contributed by atoms with Gasteiger partial charge in [0, 0.05) is 43.9 Å². The van der Waals surface area contributed by atoms with Gasteiger partial charge in [-0.3, -0.25) is 9.59 Å². The van der Waals surface area contributed by atoms with Crippen molar-refractivity contribution in [3.05, 3.63) is 52.4 Å². The van der Waals surface area contributed by atoms with E-state index in [1.807, 2.05) is 11.0 Å². The fourth-order valence-corrected chi connectivity index (χ4v) is 4.55. The zero-order chi connectivity index (χ0) is 22.2. The maximum absolute atomic E-state index is 13.2. The lowest BCUT2D eigenvalue weighted by atomic mass is 9.82. The Labute approximate surface area is 177 Å². The highest BCUT2D eigenvalue weighted by Crippen LogP contribution is 2.36. The van der Waals surface area contributed by atoms with Crippen molar-refractivity contribution in [1.82, 2.24) is 9.47 Å². The summed E-state index contributed by atoms with van der Waals surface area (Å²) >= 11 is 0. The average molecular weight is 436 g/mol. The summed E-state index contributed by atoms with van der Waals surface area (Å²) in [4.78, 5) is 27.4. The zero-order valence-corrected chi connectivity index (χ0v) is 17.0. The van der Waals surface area contributed by atoms with Gasteiger partial charge >= 0.3 is 6.36 Å². The second kappa shape index (κ2) is 8.37. The molecule has 6 nitrogen and oxygen atoms in total. The number of carbonyl (C=O) groups is 1. The molecule has 31 heavy (non-hydrogen) atoms. The summed E-state index contributed by atoms with van der Waals surface area (Å²) < 4.78 is 47.7. The molecule has 2 aromatic rings. The minimum Gasteiger partial charge on any atom is -0.406 e. The number of ether oxygens (including phenoxy) is 2. The topological polar surface area (TPSA) is 60.8 Å². The molecule has 1 amide bonds. The fraction of sp³-hybridized carbons (Fsp3) is 0.455. The number of hydrogen-bond acceptors (Lipinski definition) is 4. The van der Waals surface area contributed by atoms with Crippen LogP contribution < -0.4 is 10.3 Å². The summed E-state index contributed by atoms with van der Waals surface area (Å²) in [5.41, 5.74) is 1.68. The molecular formula is C22H23F3N2O4. The first-order valence-electron chi connectivity index (χ1n) is 10.1. The van der Waals surface area contributed by atoms with Gasteiger partial charge in [-0.15, -0.1) is 13.2 Å². The van der Waals surface area contributed by atoms with E-state index in [1.165, 1.54) is 24.3 Å². The monoisotopic (exact) mass is 436 g/mol. The number of amides is 1. The minimum atomic E-state index is -4.76. The molecule has 2 aliphatic rings. The number of likely N-dealkylation sites (tertiary alicyclic amines) is 1. The maximum atomic E-state index is 13.2. The Balaban J connectivity index is 1.57. The summed E-state index contributed by atoms with van der Waals surface area (Å²) in [6, 6.07) is 8.89. The van der Waals surface area contributed by atoms with Crippen LogP contribution in [0, 0.1) is 5.92 Å². The van der Waals surface area contributed by atoms with Crippen molar-refractivity contribution in [2.24, 2.45) is 5.92 Å². The Bertz CT molecular complexity index is 1020. The van der Waals surface area contributed by atoms with Crippen LogP contribution in [0.25, 0.3) is 11.1 Å². The summed E-state index contributed by atoms with van der Waals surface area (Å²) in [6.45, 7) is 2.08. The molecule has 4 rings (SSSR count). The van der Waals surface area contributed by atoms with Gasteiger partial charge in [-0.05, 0) is 42.2 Å². The van der Waals surface area contributed by atoms with Gasteiger partial charge in [-0.2, -0.15) is 0 Å². The first-order valence-corrected chi connectivity index (χ1v) is 10.1. The molecule has 9 heteroatoms. The third kappa shape index (κ3) is 4.61. The predicted octanol–water partition coefficient (Wildman–Crippen LogP) is 3.40. The van der Waals surface area contributed by atoms with Crippen LogP contribution in [0.3, 0.4) is 0 Å². The van der Waals surface area contributed by atoms with Crippen LogP contribution in [0.15, 0.2) is 41.2 Å². The van der Waals surface area contributed by atoms with Crippen LogP contribution in [0.2, 0.25) is 0 Å². The molecule has 1 aromatic heterocycles.